The number of nitrogens with zero attached hydrogens (tertiary/aromatic N) is 5. The Bertz CT molecular complexity index is 1570. The number of carbonyl (C=O) groups is 1. The van der Waals surface area contributed by atoms with Crippen LogP contribution < -0.4 is 5.32 Å². The lowest BCUT2D eigenvalue weighted by molar-refractivity contribution is 0.0958. The third kappa shape index (κ3) is 4.41. The van der Waals surface area contributed by atoms with E-state index in [2.05, 4.69) is 20.4 Å². The highest BCUT2D eigenvalue weighted by atomic mass is 32.2. The molecule has 6 rings (SSSR count). The molecule has 3 aromatic heterocycles. The number of amides is 1. The van der Waals surface area contributed by atoms with Gasteiger partial charge in [0.2, 0.25) is 21.7 Å². The number of aromatic nitrogens is 4. The number of ether oxygens (including phenoxy) is 1. The van der Waals surface area contributed by atoms with Crippen LogP contribution in [0.2, 0.25) is 0 Å². The van der Waals surface area contributed by atoms with E-state index in [1.54, 1.807) is 22.9 Å². The molecular formula is C25H26N6O5S. The van der Waals surface area contributed by atoms with Crippen molar-refractivity contribution in [2.24, 2.45) is 0 Å². The number of fused-ring (bicyclic) bond motifs is 1. The lowest BCUT2D eigenvalue weighted by Gasteiger charge is -2.39. The van der Waals surface area contributed by atoms with Gasteiger partial charge in [0.05, 0.1) is 17.4 Å². The molecule has 2 saturated heterocycles. The molecule has 2 aliphatic rings. The summed E-state index contributed by atoms with van der Waals surface area (Å²) < 4.78 is 39.7. The van der Waals surface area contributed by atoms with Gasteiger partial charge < -0.3 is 14.6 Å². The van der Waals surface area contributed by atoms with E-state index in [9.17, 15) is 13.2 Å². The average molecular weight is 523 g/mol. The van der Waals surface area contributed by atoms with Crippen LogP contribution in [0, 0.1) is 6.92 Å². The van der Waals surface area contributed by atoms with Crippen LogP contribution in [0.25, 0.3) is 17.0 Å². The van der Waals surface area contributed by atoms with E-state index in [4.69, 9.17) is 9.26 Å². The highest BCUT2D eigenvalue weighted by Gasteiger charge is 2.43. The fourth-order valence-corrected chi connectivity index (χ4v) is 6.67. The first-order valence-electron chi connectivity index (χ1n) is 12.1. The minimum Gasteiger partial charge on any atom is -0.381 e. The molecule has 192 valence electrons. The van der Waals surface area contributed by atoms with Crippen LogP contribution in [0.1, 0.15) is 40.7 Å². The van der Waals surface area contributed by atoms with Crippen molar-refractivity contribution in [3.63, 3.8) is 0 Å². The zero-order valence-corrected chi connectivity index (χ0v) is 21.0. The molecule has 5 heterocycles. The first-order valence-corrected chi connectivity index (χ1v) is 13.7. The van der Waals surface area contributed by atoms with Crippen molar-refractivity contribution in [2.75, 3.05) is 31.6 Å². The topological polar surface area (TPSA) is 132 Å². The Balaban J connectivity index is 1.15. The van der Waals surface area contributed by atoms with Crippen LogP contribution >= 0.6 is 0 Å². The molecular weight excluding hydrogens is 496 g/mol. The number of sulfonamides is 1. The van der Waals surface area contributed by atoms with Gasteiger partial charge in [0.1, 0.15) is 11.3 Å². The Morgan fingerprint density at radius 1 is 1.14 bits per heavy atom. The zero-order valence-electron chi connectivity index (χ0n) is 20.2. The van der Waals surface area contributed by atoms with Crippen molar-refractivity contribution in [1.29, 1.82) is 0 Å². The number of imidazole rings is 1. The summed E-state index contributed by atoms with van der Waals surface area (Å²) >= 11 is 0. The molecule has 2 fully saturated rings. The lowest BCUT2D eigenvalue weighted by Crippen LogP contribution is -2.52. The van der Waals surface area contributed by atoms with Gasteiger partial charge in [-0.3, -0.25) is 9.20 Å². The van der Waals surface area contributed by atoms with Gasteiger partial charge in [-0.15, -0.1) is 0 Å². The molecule has 2 aliphatic heterocycles. The number of aryl methyl sites for hydroxylation is 1. The van der Waals surface area contributed by atoms with E-state index in [0.717, 1.165) is 5.56 Å². The Labute approximate surface area is 213 Å². The van der Waals surface area contributed by atoms with Gasteiger partial charge in [-0.25, -0.2) is 13.4 Å². The maximum Gasteiger partial charge on any atom is 0.274 e. The smallest absolute Gasteiger partial charge is 0.274 e. The summed E-state index contributed by atoms with van der Waals surface area (Å²) in [5.41, 5.74) is 3.29. The summed E-state index contributed by atoms with van der Waals surface area (Å²) in [5, 5.41) is 6.68. The molecule has 12 heteroatoms. The fourth-order valence-electron chi connectivity index (χ4n) is 4.69. The largest absolute Gasteiger partial charge is 0.381 e. The maximum absolute atomic E-state index is 13.0. The first-order chi connectivity index (χ1) is 17.9. The van der Waals surface area contributed by atoms with E-state index in [-0.39, 0.29) is 17.1 Å². The second kappa shape index (κ2) is 9.36. The number of nitrogens with one attached hydrogen (secondary N) is 1. The van der Waals surface area contributed by atoms with Gasteiger partial charge >= 0.3 is 0 Å². The maximum atomic E-state index is 13.0. The summed E-state index contributed by atoms with van der Waals surface area (Å²) in [4.78, 5) is 21.8. The summed E-state index contributed by atoms with van der Waals surface area (Å²) in [6, 6.07) is 11.1. The van der Waals surface area contributed by atoms with E-state index in [0.29, 0.717) is 73.5 Å². The van der Waals surface area contributed by atoms with Crippen LogP contribution in [0.15, 0.2) is 53.3 Å². The first kappa shape index (κ1) is 23.8. The van der Waals surface area contributed by atoms with Crippen molar-refractivity contribution < 1.29 is 22.5 Å². The van der Waals surface area contributed by atoms with Gasteiger partial charge in [0, 0.05) is 43.8 Å². The van der Waals surface area contributed by atoms with E-state index < -0.39 is 10.0 Å². The standard InChI is InChI=1S/C25H26N6O5S/c1-16-5-6-17(12-20(16)27-24(32)21-13-26-22-4-2-3-9-31(21)22)23-28-25(36-29-23)18-14-30(15-18)37(33,34)19-7-10-35-11-8-19/h2-6,9,12-13,18-19H,7-8,10-11,14-15H2,1H3,(H,27,32). The third-order valence-electron chi connectivity index (χ3n) is 6.98. The lowest BCUT2D eigenvalue weighted by atomic mass is 10.0. The summed E-state index contributed by atoms with van der Waals surface area (Å²) in [7, 11) is -3.35. The van der Waals surface area contributed by atoms with Crippen LogP contribution in [-0.4, -0.2) is 69.7 Å². The monoisotopic (exact) mass is 522 g/mol. The zero-order chi connectivity index (χ0) is 25.6. The molecule has 0 radical (unpaired) electrons. The molecule has 0 unspecified atom stereocenters. The Morgan fingerprint density at radius 2 is 1.95 bits per heavy atom. The van der Waals surface area contributed by atoms with E-state index in [1.807, 2.05) is 37.3 Å². The number of anilines is 1. The number of hydrogen-bond acceptors (Lipinski definition) is 8. The number of carbonyl (C=O) groups excluding carboxylic acids is 1. The molecule has 4 aromatic rings. The quantitative estimate of drug-likeness (QED) is 0.409. The molecule has 11 nitrogen and oxygen atoms in total. The van der Waals surface area contributed by atoms with Crippen molar-refractivity contribution in [1.82, 2.24) is 23.8 Å². The minimum atomic E-state index is -3.35. The van der Waals surface area contributed by atoms with Crippen LogP contribution in [0.4, 0.5) is 5.69 Å². The highest BCUT2D eigenvalue weighted by molar-refractivity contribution is 7.89. The molecule has 0 aliphatic carbocycles. The van der Waals surface area contributed by atoms with Crippen molar-refractivity contribution in [2.45, 2.75) is 30.9 Å². The second-order valence-electron chi connectivity index (χ2n) is 9.38. The predicted octanol–water partition coefficient (Wildman–Crippen LogP) is 2.85. The Kier molecular flexibility index (Phi) is 6.01. The summed E-state index contributed by atoms with van der Waals surface area (Å²) in [6.07, 6.45) is 4.38. The van der Waals surface area contributed by atoms with Crippen molar-refractivity contribution >= 4 is 27.3 Å². The SMILES string of the molecule is Cc1ccc(-c2noc(C3CN(S(=O)(=O)C4CCOCC4)C3)n2)cc1NC(=O)c1cnc2ccccn12. The number of rotatable bonds is 6. The van der Waals surface area contributed by atoms with Crippen molar-refractivity contribution in [3.05, 3.63) is 65.9 Å². The van der Waals surface area contributed by atoms with Gasteiger partial charge in [0.15, 0.2) is 0 Å². The highest BCUT2D eigenvalue weighted by Crippen LogP contribution is 2.33. The predicted molar refractivity (Wildman–Crippen MR) is 135 cm³/mol. The van der Waals surface area contributed by atoms with Gasteiger partial charge in [-0.1, -0.05) is 23.4 Å². The van der Waals surface area contributed by atoms with Gasteiger partial charge in [-0.05, 0) is 43.5 Å². The van der Waals surface area contributed by atoms with Crippen LogP contribution in [-0.2, 0) is 14.8 Å². The molecule has 1 amide bonds. The van der Waals surface area contributed by atoms with Gasteiger partial charge in [0.25, 0.3) is 5.91 Å². The van der Waals surface area contributed by atoms with Crippen LogP contribution in [0.5, 0.6) is 0 Å². The number of benzene rings is 1. The molecule has 37 heavy (non-hydrogen) atoms. The molecule has 0 atom stereocenters. The normalized spacial score (nSPS) is 17.6. The summed E-state index contributed by atoms with van der Waals surface area (Å²) in [6.45, 7) is 3.52. The summed E-state index contributed by atoms with van der Waals surface area (Å²) in [5.74, 6) is 0.361. The second-order valence-corrected chi connectivity index (χ2v) is 11.6. The van der Waals surface area contributed by atoms with Gasteiger partial charge in [-0.2, -0.15) is 9.29 Å². The minimum absolute atomic E-state index is 0.143. The van der Waals surface area contributed by atoms with E-state index >= 15 is 0 Å². The van der Waals surface area contributed by atoms with Crippen LogP contribution in [0.3, 0.4) is 0 Å². The average Bonchev–Trinajstić information content (AvgIpc) is 3.53. The van der Waals surface area contributed by atoms with E-state index in [1.165, 1.54) is 4.31 Å². The molecule has 0 bridgehead atoms. The fraction of sp³-hybridized carbons (Fsp3) is 0.360. The molecule has 0 saturated carbocycles. The molecule has 1 aromatic carbocycles. The third-order valence-corrected chi connectivity index (χ3v) is 9.31. The number of hydrogen-bond donors (Lipinski definition) is 1. The molecule has 0 spiro atoms. The Morgan fingerprint density at radius 3 is 2.76 bits per heavy atom. The number of pyridine rings is 1. The Hall–Kier alpha value is -3.61. The van der Waals surface area contributed by atoms with Crippen molar-refractivity contribution in [3.8, 4) is 11.4 Å². The molecule has 1 N–H and O–H groups in total.